The second-order valence-corrected chi connectivity index (χ2v) is 8.02. The molecule has 3 rings (SSSR count). The Hall–Kier alpha value is -2.72. The van der Waals surface area contributed by atoms with Gasteiger partial charge in [0.05, 0.1) is 17.4 Å². The Kier molecular flexibility index (Phi) is 4.55. The average molecular weight is 377 g/mol. The molecule has 0 amide bonds. The number of aryl methyl sites for hydroxylation is 1. The lowest BCUT2D eigenvalue weighted by molar-refractivity contribution is 0.445. The van der Waals surface area contributed by atoms with Crippen molar-refractivity contribution in [2.45, 2.75) is 11.4 Å². The average Bonchev–Trinajstić information content (AvgIpc) is 3.03. The molecule has 0 aliphatic heterocycles. The molecule has 1 aromatic carbocycles. The van der Waals surface area contributed by atoms with Crippen LogP contribution in [0.25, 0.3) is 11.0 Å². The van der Waals surface area contributed by atoms with Gasteiger partial charge in [-0.15, -0.1) is 0 Å². The minimum atomic E-state index is -4.03. The summed E-state index contributed by atoms with van der Waals surface area (Å²) in [6.45, 7) is 0.525. The van der Waals surface area contributed by atoms with Gasteiger partial charge in [-0.05, 0) is 12.1 Å². The van der Waals surface area contributed by atoms with Crippen molar-refractivity contribution >= 4 is 21.1 Å². The third-order valence-electron chi connectivity index (χ3n) is 4.29. The number of rotatable bonds is 5. The predicted octanol–water partition coefficient (Wildman–Crippen LogP) is -0.246. The van der Waals surface area contributed by atoms with Crippen molar-refractivity contribution < 1.29 is 8.42 Å². The molecule has 0 aliphatic rings. The van der Waals surface area contributed by atoms with Crippen LogP contribution in [-0.2, 0) is 30.7 Å². The summed E-state index contributed by atoms with van der Waals surface area (Å²) in [5.41, 5.74) is 0.302. The topological polar surface area (TPSA) is 99.2 Å². The van der Waals surface area contributed by atoms with E-state index in [1.54, 1.807) is 6.33 Å². The van der Waals surface area contributed by atoms with Gasteiger partial charge in [0.15, 0.2) is 4.90 Å². The van der Waals surface area contributed by atoms with Crippen molar-refractivity contribution in [1.29, 1.82) is 0 Å². The number of hydrogen-bond donors (Lipinski definition) is 0. The molecule has 2 heterocycles. The first-order valence-corrected chi connectivity index (χ1v) is 9.30. The quantitative estimate of drug-likeness (QED) is 0.611. The fraction of sp³-hybridized carbons (Fsp3) is 0.312. The number of likely N-dealkylation sites (N-methyl/N-ethyl adjacent to an activating group) is 1. The van der Waals surface area contributed by atoms with E-state index in [1.165, 1.54) is 21.1 Å². The summed E-state index contributed by atoms with van der Waals surface area (Å²) < 4.78 is 30.3. The second kappa shape index (κ2) is 6.54. The van der Waals surface area contributed by atoms with Crippen LogP contribution in [0, 0.1) is 0 Å². The molecule has 0 unspecified atom stereocenters. The summed E-state index contributed by atoms with van der Waals surface area (Å²) in [7, 11) is 0.0229. The highest BCUT2D eigenvalue weighted by Gasteiger charge is 2.26. The number of imidazole rings is 1. The Morgan fingerprint density at radius 2 is 1.85 bits per heavy atom. The molecule has 0 saturated carbocycles. The summed E-state index contributed by atoms with van der Waals surface area (Å²) in [5.74, 6) is 0. The van der Waals surface area contributed by atoms with Crippen molar-refractivity contribution in [3.05, 3.63) is 57.6 Å². The standard InChI is InChI=1S/C16H19N5O4S/c1-18-10-14(15(22)20(3)16(18)23)26(24,25)19(2)8-9-21-11-17-12-6-4-5-7-13(12)21/h4-7,10-11H,8-9H2,1-3H3. The van der Waals surface area contributed by atoms with Crippen molar-refractivity contribution in [2.75, 3.05) is 13.6 Å². The molecule has 0 radical (unpaired) electrons. The van der Waals surface area contributed by atoms with Crippen LogP contribution in [0.5, 0.6) is 0 Å². The van der Waals surface area contributed by atoms with E-state index in [0.29, 0.717) is 6.54 Å². The fourth-order valence-electron chi connectivity index (χ4n) is 2.68. The molecule has 2 aromatic heterocycles. The van der Waals surface area contributed by atoms with Crippen LogP contribution in [-0.4, -0.2) is 45.0 Å². The van der Waals surface area contributed by atoms with E-state index in [4.69, 9.17) is 0 Å². The van der Waals surface area contributed by atoms with Gasteiger partial charge in [0, 0.05) is 40.4 Å². The maximum atomic E-state index is 12.8. The van der Waals surface area contributed by atoms with Gasteiger partial charge in [-0.3, -0.25) is 9.36 Å². The molecule has 138 valence electrons. The third kappa shape index (κ3) is 2.97. The highest BCUT2D eigenvalue weighted by atomic mass is 32.2. The molecular weight excluding hydrogens is 358 g/mol. The number of fused-ring (bicyclic) bond motifs is 1. The van der Waals surface area contributed by atoms with Gasteiger partial charge < -0.3 is 9.13 Å². The van der Waals surface area contributed by atoms with Gasteiger partial charge in [-0.1, -0.05) is 12.1 Å². The Balaban J connectivity index is 1.89. The lowest BCUT2D eigenvalue weighted by Crippen LogP contribution is -2.42. The second-order valence-electron chi connectivity index (χ2n) is 6.00. The van der Waals surface area contributed by atoms with Crippen molar-refractivity contribution in [3.63, 3.8) is 0 Å². The molecule has 0 spiro atoms. The zero-order valence-electron chi connectivity index (χ0n) is 14.7. The number of sulfonamides is 1. The third-order valence-corrected chi connectivity index (χ3v) is 6.13. The van der Waals surface area contributed by atoms with Gasteiger partial charge in [-0.2, -0.15) is 4.31 Å². The maximum absolute atomic E-state index is 12.8. The van der Waals surface area contributed by atoms with Crippen LogP contribution in [0.15, 0.2) is 51.3 Å². The molecule has 0 saturated heterocycles. The molecule has 10 heteroatoms. The molecule has 26 heavy (non-hydrogen) atoms. The summed E-state index contributed by atoms with van der Waals surface area (Å²) in [4.78, 5) is 27.8. The maximum Gasteiger partial charge on any atom is 0.330 e. The smallest absolute Gasteiger partial charge is 0.329 e. The molecule has 0 atom stereocenters. The first-order chi connectivity index (χ1) is 12.2. The number of nitrogens with zero attached hydrogens (tertiary/aromatic N) is 5. The predicted molar refractivity (Wildman–Crippen MR) is 96.5 cm³/mol. The van der Waals surface area contributed by atoms with Crippen LogP contribution in [0.4, 0.5) is 0 Å². The van der Waals surface area contributed by atoms with Crippen LogP contribution >= 0.6 is 0 Å². The molecule has 3 aromatic rings. The van der Waals surface area contributed by atoms with E-state index >= 15 is 0 Å². The van der Waals surface area contributed by atoms with Crippen molar-refractivity contribution in [3.8, 4) is 0 Å². The van der Waals surface area contributed by atoms with Crippen molar-refractivity contribution in [1.82, 2.24) is 23.0 Å². The Labute approximate surface area is 149 Å². The van der Waals surface area contributed by atoms with Gasteiger partial charge in [0.25, 0.3) is 5.56 Å². The number of benzene rings is 1. The first kappa shape index (κ1) is 18.1. The van der Waals surface area contributed by atoms with Crippen LogP contribution in [0.3, 0.4) is 0 Å². The monoisotopic (exact) mass is 377 g/mol. The molecule has 0 bridgehead atoms. The van der Waals surface area contributed by atoms with E-state index in [2.05, 4.69) is 4.98 Å². The zero-order chi connectivity index (χ0) is 19.1. The van der Waals surface area contributed by atoms with E-state index in [0.717, 1.165) is 30.7 Å². The number of hydrogen-bond acceptors (Lipinski definition) is 5. The van der Waals surface area contributed by atoms with E-state index in [-0.39, 0.29) is 6.54 Å². The highest BCUT2D eigenvalue weighted by Crippen LogP contribution is 2.13. The molecular formula is C16H19N5O4S. The van der Waals surface area contributed by atoms with Gasteiger partial charge in [0.2, 0.25) is 10.0 Å². The summed E-state index contributed by atoms with van der Waals surface area (Å²) in [6, 6.07) is 7.54. The van der Waals surface area contributed by atoms with Gasteiger partial charge in [-0.25, -0.2) is 18.2 Å². The summed E-state index contributed by atoms with van der Waals surface area (Å²) in [5, 5.41) is 0. The molecule has 0 N–H and O–H groups in total. The van der Waals surface area contributed by atoms with Crippen LogP contribution in [0.2, 0.25) is 0 Å². The summed E-state index contributed by atoms with van der Waals surface area (Å²) in [6.07, 6.45) is 2.71. The number of para-hydroxylation sites is 2. The minimum Gasteiger partial charge on any atom is -0.329 e. The van der Waals surface area contributed by atoms with Gasteiger partial charge in [0.1, 0.15) is 0 Å². The summed E-state index contributed by atoms with van der Waals surface area (Å²) >= 11 is 0. The zero-order valence-corrected chi connectivity index (χ0v) is 15.5. The lowest BCUT2D eigenvalue weighted by Gasteiger charge is -2.18. The van der Waals surface area contributed by atoms with Crippen LogP contribution in [0.1, 0.15) is 0 Å². The lowest BCUT2D eigenvalue weighted by atomic mass is 10.3. The number of aromatic nitrogens is 4. The van der Waals surface area contributed by atoms with E-state index in [9.17, 15) is 18.0 Å². The molecule has 0 aliphatic carbocycles. The van der Waals surface area contributed by atoms with Gasteiger partial charge >= 0.3 is 5.69 Å². The first-order valence-electron chi connectivity index (χ1n) is 7.86. The Bertz CT molecular complexity index is 1190. The molecule has 0 fully saturated rings. The SMILES string of the molecule is CN(CCn1cnc2ccccc21)S(=O)(=O)c1cn(C)c(=O)n(C)c1=O. The van der Waals surface area contributed by atoms with E-state index in [1.807, 2.05) is 28.8 Å². The van der Waals surface area contributed by atoms with E-state index < -0.39 is 26.2 Å². The highest BCUT2D eigenvalue weighted by molar-refractivity contribution is 7.89. The minimum absolute atomic E-state index is 0.148. The fourth-order valence-corrected chi connectivity index (χ4v) is 3.98. The Morgan fingerprint density at radius 3 is 2.58 bits per heavy atom. The largest absolute Gasteiger partial charge is 0.330 e. The van der Waals surface area contributed by atoms with Crippen LogP contribution < -0.4 is 11.2 Å². The normalized spacial score (nSPS) is 12.2. The molecule has 9 nitrogen and oxygen atoms in total. The Morgan fingerprint density at radius 1 is 1.15 bits per heavy atom. The van der Waals surface area contributed by atoms with Crippen molar-refractivity contribution in [2.24, 2.45) is 14.1 Å².